The number of aliphatic hydroxyl groups excluding tert-OH is 1. The van der Waals surface area contributed by atoms with E-state index in [1.165, 1.54) is 0 Å². The van der Waals surface area contributed by atoms with Gasteiger partial charge in [0.25, 0.3) is 0 Å². The normalized spacial score (nSPS) is 36.3. The van der Waals surface area contributed by atoms with E-state index >= 15 is 0 Å². The van der Waals surface area contributed by atoms with Crippen molar-refractivity contribution in [1.29, 1.82) is 0 Å². The molecule has 0 aliphatic carbocycles. The van der Waals surface area contributed by atoms with Crippen LogP contribution in [-0.2, 0) is 4.74 Å². The van der Waals surface area contributed by atoms with Gasteiger partial charge in [-0.2, -0.15) is 0 Å². The molecule has 3 nitrogen and oxygen atoms in total. The lowest BCUT2D eigenvalue weighted by atomic mass is 10.2. The number of aliphatic hydroxyl groups is 1. The Bertz CT molecular complexity index is 123. The third-order valence-electron chi connectivity index (χ3n) is 1.81. The van der Waals surface area contributed by atoms with Crippen molar-refractivity contribution in [1.82, 2.24) is 4.90 Å². The molecule has 0 spiro atoms. The number of hydrogen-bond donors (Lipinski definition) is 1. The summed E-state index contributed by atoms with van der Waals surface area (Å²) in [5.41, 5.74) is 0. The first-order valence-electron chi connectivity index (χ1n) is 3.78. The van der Waals surface area contributed by atoms with Crippen molar-refractivity contribution in [3.63, 3.8) is 0 Å². The van der Waals surface area contributed by atoms with E-state index in [1.807, 2.05) is 11.9 Å². The number of hydrogen-bond acceptors (Lipinski definition) is 3. The van der Waals surface area contributed by atoms with Gasteiger partial charge in [-0.1, -0.05) is 0 Å². The average Bonchev–Trinajstić information content (AvgIpc) is 1.95. The van der Waals surface area contributed by atoms with Crippen molar-refractivity contribution in [2.45, 2.75) is 12.3 Å². The van der Waals surface area contributed by atoms with Crippen molar-refractivity contribution in [3.8, 4) is 0 Å². The van der Waals surface area contributed by atoms with Crippen LogP contribution in [0.4, 0.5) is 4.39 Å². The van der Waals surface area contributed by atoms with Gasteiger partial charge in [0, 0.05) is 13.1 Å². The molecule has 1 aliphatic rings. The first-order chi connectivity index (χ1) is 5.20. The third kappa shape index (κ3) is 2.73. The summed E-state index contributed by atoms with van der Waals surface area (Å²) in [6.07, 6.45) is -2.14. The fourth-order valence-electron chi connectivity index (χ4n) is 1.05. The Morgan fingerprint density at radius 2 is 2.36 bits per heavy atom. The van der Waals surface area contributed by atoms with Crippen molar-refractivity contribution >= 4 is 0 Å². The van der Waals surface area contributed by atoms with E-state index in [0.29, 0.717) is 13.2 Å². The van der Waals surface area contributed by atoms with Crippen LogP contribution in [0, 0.1) is 0 Å². The fraction of sp³-hybridized carbons (Fsp3) is 1.00. The van der Waals surface area contributed by atoms with Gasteiger partial charge in [-0.05, 0) is 7.05 Å². The summed E-state index contributed by atoms with van der Waals surface area (Å²) in [7, 11) is 1.84. The fourth-order valence-corrected chi connectivity index (χ4v) is 1.05. The average molecular weight is 163 g/mol. The smallest absolute Gasteiger partial charge is 0.150 e. The predicted octanol–water partition coefficient (Wildman–Crippen LogP) is -0.353. The highest BCUT2D eigenvalue weighted by molar-refractivity contribution is 4.72. The first-order valence-corrected chi connectivity index (χ1v) is 3.78. The van der Waals surface area contributed by atoms with Crippen LogP contribution in [0.25, 0.3) is 0 Å². The number of halogens is 1. The van der Waals surface area contributed by atoms with E-state index in [1.54, 1.807) is 0 Å². The molecule has 11 heavy (non-hydrogen) atoms. The van der Waals surface area contributed by atoms with Crippen LogP contribution < -0.4 is 0 Å². The molecule has 1 rings (SSSR count). The molecule has 0 unspecified atom stereocenters. The standard InChI is InChI=1S/C7H14FNO2/c1-9-2-3-11-5-6(8)7(10)4-9/h6-7,10H,2-5H2,1H3/t6-,7-/m1/s1. The molecular formula is C7H14FNO2. The van der Waals surface area contributed by atoms with E-state index in [2.05, 4.69) is 0 Å². The van der Waals surface area contributed by atoms with Crippen LogP contribution in [0.1, 0.15) is 0 Å². The zero-order chi connectivity index (χ0) is 8.27. The second-order valence-corrected chi connectivity index (χ2v) is 2.92. The zero-order valence-electron chi connectivity index (χ0n) is 6.66. The van der Waals surface area contributed by atoms with Crippen LogP contribution in [0.2, 0.25) is 0 Å². The van der Waals surface area contributed by atoms with Crippen LogP contribution in [0.15, 0.2) is 0 Å². The molecule has 4 heteroatoms. The lowest BCUT2D eigenvalue weighted by Crippen LogP contribution is -2.41. The van der Waals surface area contributed by atoms with Gasteiger partial charge >= 0.3 is 0 Å². The summed E-state index contributed by atoms with van der Waals surface area (Å²) in [6, 6.07) is 0. The first kappa shape index (κ1) is 8.90. The molecule has 1 heterocycles. The second kappa shape index (κ2) is 3.99. The van der Waals surface area contributed by atoms with Crippen molar-refractivity contribution in [3.05, 3.63) is 0 Å². The largest absolute Gasteiger partial charge is 0.389 e. The second-order valence-electron chi connectivity index (χ2n) is 2.92. The van der Waals surface area contributed by atoms with Crippen LogP contribution in [-0.4, -0.2) is 55.6 Å². The molecule has 1 saturated heterocycles. The molecule has 1 aliphatic heterocycles. The SMILES string of the molecule is CN1CCOC[C@@H](F)[C@H](O)C1. The number of likely N-dealkylation sites (N-methyl/N-ethyl adjacent to an activating group) is 1. The van der Waals surface area contributed by atoms with Crippen molar-refractivity contribution < 1.29 is 14.2 Å². The number of nitrogens with zero attached hydrogens (tertiary/aromatic N) is 1. The molecule has 0 bridgehead atoms. The minimum absolute atomic E-state index is 0.0228. The van der Waals surface area contributed by atoms with Gasteiger partial charge in [-0.15, -0.1) is 0 Å². The lowest BCUT2D eigenvalue weighted by molar-refractivity contribution is -0.0311. The Labute approximate surface area is 65.8 Å². The molecule has 1 N–H and O–H groups in total. The van der Waals surface area contributed by atoms with E-state index in [4.69, 9.17) is 9.84 Å². The molecule has 2 atom stereocenters. The van der Waals surface area contributed by atoms with Gasteiger partial charge in [0.05, 0.1) is 13.2 Å². The molecule has 0 aromatic heterocycles. The van der Waals surface area contributed by atoms with Gasteiger partial charge in [0.1, 0.15) is 6.10 Å². The van der Waals surface area contributed by atoms with E-state index in [-0.39, 0.29) is 6.61 Å². The third-order valence-corrected chi connectivity index (χ3v) is 1.81. The van der Waals surface area contributed by atoms with E-state index in [9.17, 15) is 4.39 Å². The van der Waals surface area contributed by atoms with E-state index < -0.39 is 12.3 Å². The maximum absolute atomic E-state index is 12.8. The molecule has 0 aromatic carbocycles. The summed E-state index contributed by atoms with van der Waals surface area (Å²) in [5, 5.41) is 9.16. The quantitative estimate of drug-likeness (QED) is 0.529. The maximum atomic E-state index is 12.8. The van der Waals surface area contributed by atoms with Crippen molar-refractivity contribution in [2.24, 2.45) is 0 Å². The van der Waals surface area contributed by atoms with Gasteiger partial charge in [0.15, 0.2) is 6.17 Å². The Morgan fingerprint density at radius 3 is 3.09 bits per heavy atom. The highest BCUT2D eigenvalue weighted by Crippen LogP contribution is 2.04. The minimum atomic E-state index is -1.24. The highest BCUT2D eigenvalue weighted by Gasteiger charge is 2.21. The summed E-state index contributed by atoms with van der Waals surface area (Å²) < 4.78 is 17.7. The predicted molar refractivity (Wildman–Crippen MR) is 39.2 cm³/mol. The summed E-state index contributed by atoms with van der Waals surface area (Å²) in [4.78, 5) is 1.86. The summed E-state index contributed by atoms with van der Waals surface area (Å²) in [5.74, 6) is 0. The molecule has 0 amide bonds. The number of β-amino-alcohol motifs (C(OH)–C–C–N with tert-alkyl or cyclic N) is 1. The Kier molecular flexibility index (Phi) is 3.23. The summed E-state index contributed by atoms with van der Waals surface area (Å²) in [6.45, 7) is 1.72. The highest BCUT2D eigenvalue weighted by atomic mass is 19.1. The summed E-state index contributed by atoms with van der Waals surface area (Å²) >= 11 is 0. The number of alkyl halides is 1. The monoisotopic (exact) mass is 163 g/mol. The van der Waals surface area contributed by atoms with Crippen LogP contribution in [0.3, 0.4) is 0 Å². The molecular weight excluding hydrogens is 149 g/mol. The number of ether oxygens (including phenoxy) is 1. The van der Waals surface area contributed by atoms with Gasteiger partial charge in [-0.25, -0.2) is 4.39 Å². The van der Waals surface area contributed by atoms with Gasteiger partial charge in [-0.3, -0.25) is 0 Å². The zero-order valence-corrected chi connectivity index (χ0v) is 6.66. The topological polar surface area (TPSA) is 32.7 Å². The molecule has 0 saturated carbocycles. The van der Waals surface area contributed by atoms with Gasteiger partial charge in [0.2, 0.25) is 0 Å². The van der Waals surface area contributed by atoms with E-state index in [0.717, 1.165) is 6.54 Å². The lowest BCUT2D eigenvalue weighted by Gasteiger charge is -2.25. The number of rotatable bonds is 0. The molecule has 66 valence electrons. The van der Waals surface area contributed by atoms with Gasteiger partial charge < -0.3 is 14.7 Å². The minimum Gasteiger partial charge on any atom is -0.389 e. The Hall–Kier alpha value is -0.190. The van der Waals surface area contributed by atoms with Crippen molar-refractivity contribution in [2.75, 3.05) is 33.4 Å². The maximum Gasteiger partial charge on any atom is 0.150 e. The molecule has 1 fully saturated rings. The molecule has 0 radical (unpaired) electrons. The Balaban J connectivity index is 2.38. The van der Waals surface area contributed by atoms with Crippen LogP contribution in [0.5, 0.6) is 0 Å². The van der Waals surface area contributed by atoms with Crippen LogP contribution >= 0.6 is 0 Å². The molecule has 0 aromatic rings. The Morgan fingerprint density at radius 1 is 1.64 bits per heavy atom.